The number of rotatable bonds is 1. The Kier molecular flexibility index (Phi) is 3.03. The monoisotopic (exact) mass is 235 g/mol. The Balaban J connectivity index is 0.000000963. The van der Waals surface area contributed by atoms with E-state index in [1.54, 1.807) is 6.07 Å². The summed E-state index contributed by atoms with van der Waals surface area (Å²) in [6.07, 6.45) is 1.11. The Hall–Kier alpha value is -1.25. The Morgan fingerprint density at radius 1 is 1.12 bits per heavy atom. The molecule has 0 bridgehead atoms. The fraction of sp³-hybridized carbons (Fsp3) is 0.231. The van der Waals surface area contributed by atoms with Crippen molar-refractivity contribution < 1.29 is 5.11 Å². The van der Waals surface area contributed by atoms with Crippen LogP contribution in [0.4, 0.5) is 0 Å². The lowest BCUT2D eigenvalue weighted by molar-refractivity contribution is 0.367. The van der Waals surface area contributed by atoms with Crippen molar-refractivity contribution >= 4 is 23.2 Å². The lowest BCUT2D eigenvalue weighted by Gasteiger charge is -2.29. The van der Waals surface area contributed by atoms with E-state index in [0.29, 0.717) is 11.8 Å². The third kappa shape index (κ3) is 1.64. The minimum Gasteiger partial charge on any atom is -0.508 e. The first kappa shape index (κ1) is 11.2. The number of fused-ring (bicyclic) bond motifs is 1. The summed E-state index contributed by atoms with van der Waals surface area (Å²) in [6, 6.07) is 12.3. The highest BCUT2D eigenvalue weighted by atomic mass is 35.5. The SMILES string of the molecule is Cl.Oc1ccc2ccccc2c1[C@@H]1CCN1. The van der Waals surface area contributed by atoms with E-state index in [9.17, 15) is 5.11 Å². The van der Waals surface area contributed by atoms with Gasteiger partial charge in [-0.1, -0.05) is 30.3 Å². The van der Waals surface area contributed by atoms with Crippen LogP contribution in [0.5, 0.6) is 5.75 Å². The van der Waals surface area contributed by atoms with Crippen molar-refractivity contribution in [2.24, 2.45) is 0 Å². The topological polar surface area (TPSA) is 32.3 Å². The van der Waals surface area contributed by atoms with Crippen LogP contribution >= 0.6 is 12.4 Å². The molecule has 0 radical (unpaired) electrons. The highest BCUT2D eigenvalue weighted by molar-refractivity contribution is 5.88. The Morgan fingerprint density at radius 2 is 1.88 bits per heavy atom. The van der Waals surface area contributed by atoms with Gasteiger partial charge in [0.15, 0.2) is 0 Å². The molecular weight excluding hydrogens is 222 g/mol. The van der Waals surface area contributed by atoms with Gasteiger partial charge in [-0.2, -0.15) is 0 Å². The first-order valence-electron chi connectivity index (χ1n) is 5.30. The quantitative estimate of drug-likeness (QED) is 0.797. The molecule has 1 aliphatic rings. The van der Waals surface area contributed by atoms with Gasteiger partial charge < -0.3 is 10.4 Å². The second-order valence-corrected chi connectivity index (χ2v) is 4.01. The van der Waals surface area contributed by atoms with Crippen molar-refractivity contribution in [2.45, 2.75) is 12.5 Å². The van der Waals surface area contributed by atoms with Gasteiger partial charge in [-0.3, -0.25) is 0 Å². The van der Waals surface area contributed by atoms with Crippen molar-refractivity contribution in [1.82, 2.24) is 5.32 Å². The number of hydrogen-bond donors (Lipinski definition) is 2. The van der Waals surface area contributed by atoms with Crippen molar-refractivity contribution in [3.05, 3.63) is 42.0 Å². The molecule has 0 aliphatic carbocycles. The highest BCUT2D eigenvalue weighted by Gasteiger charge is 2.23. The summed E-state index contributed by atoms with van der Waals surface area (Å²) in [4.78, 5) is 0. The van der Waals surface area contributed by atoms with Crippen molar-refractivity contribution in [3.63, 3.8) is 0 Å². The van der Waals surface area contributed by atoms with Crippen LogP contribution in [0.25, 0.3) is 10.8 Å². The molecule has 1 heterocycles. The van der Waals surface area contributed by atoms with Gasteiger partial charge in [0.2, 0.25) is 0 Å². The van der Waals surface area contributed by atoms with Crippen LogP contribution in [-0.4, -0.2) is 11.7 Å². The maximum Gasteiger partial charge on any atom is 0.120 e. The van der Waals surface area contributed by atoms with Crippen molar-refractivity contribution in [1.29, 1.82) is 0 Å². The van der Waals surface area contributed by atoms with E-state index in [1.807, 2.05) is 18.2 Å². The molecule has 84 valence electrons. The predicted molar refractivity (Wildman–Crippen MR) is 68.2 cm³/mol. The molecule has 1 fully saturated rings. The minimum atomic E-state index is 0. The first-order valence-corrected chi connectivity index (χ1v) is 5.30. The number of halogens is 1. The van der Waals surface area contributed by atoms with Gasteiger partial charge in [-0.15, -0.1) is 12.4 Å². The number of nitrogens with one attached hydrogen (secondary N) is 1. The Morgan fingerprint density at radius 3 is 2.56 bits per heavy atom. The molecular formula is C13H14ClNO. The number of hydrogen-bond acceptors (Lipinski definition) is 2. The molecule has 0 unspecified atom stereocenters. The largest absolute Gasteiger partial charge is 0.508 e. The van der Waals surface area contributed by atoms with Crippen LogP contribution in [0.2, 0.25) is 0 Å². The fourth-order valence-electron chi connectivity index (χ4n) is 2.19. The molecule has 0 amide bonds. The summed E-state index contributed by atoms with van der Waals surface area (Å²) in [6.45, 7) is 1.05. The minimum absolute atomic E-state index is 0. The van der Waals surface area contributed by atoms with E-state index in [-0.39, 0.29) is 12.4 Å². The summed E-state index contributed by atoms with van der Waals surface area (Å²) >= 11 is 0. The first-order chi connectivity index (χ1) is 7.36. The van der Waals surface area contributed by atoms with Crippen LogP contribution in [-0.2, 0) is 0 Å². The maximum absolute atomic E-state index is 9.90. The average molecular weight is 236 g/mol. The van der Waals surface area contributed by atoms with Gasteiger partial charge in [-0.05, 0) is 29.8 Å². The van der Waals surface area contributed by atoms with Crippen molar-refractivity contribution in [3.8, 4) is 5.75 Å². The van der Waals surface area contributed by atoms with E-state index >= 15 is 0 Å². The zero-order chi connectivity index (χ0) is 10.3. The van der Waals surface area contributed by atoms with Gasteiger partial charge in [0, 0.05) is 11.6 Å². The van der Waals surface area contributed by atoms with Crippen molar-refractivity contribution in [2.75, 3.05) is 6.54 Å². The van der Waals surface area contributed by atoms with Gasteiger partial charge in [0.05, 0.1) is 0 Å². The van der Waals surface area contributed by atoms with Crippen LogP contribution in [0, 0.1) is 0 Å². The van der Waals surface area contributed by atoms with Gasteiger partial charge in [0.1, 0.15) is 5.75 Å². The number of phenols is 1. The van der Waals surface area contributed by atoms with E-state index in [4.69, 9.17) is 0 Å². The van der Waals surface area contributed by atoms with Crippen LogP contribution in [0.1, 0.15) is 18.0 Å². The van der Waals surface area contributed by atoms with Gasteiger partial charge >= 0.3 is 0 Å². The van der Waals surface area contributed by atoms with Crippen LogP contribution < -0.4 is 5.32 Å². The zero-order valence-electron chi connectivity index (χ0n) is 8.81. The number of aromatic hydroxyl groups is 1. The molecule has 2 aromatic carbocycles. The standard InChI is InChI=1S/C13H13NO.ClH/c15-12-6-5-9-3-1-2-4-10(9)13(12)11-7-8-14-11;/h1-6,11,14-15H,7-8H2;1H/t11-;/m0./s1. The lowest BCUT2D eigenvalue weighted by atomic mass is 9.92. The molecule has 2 N–H and O–H groups in total. The average Bonchev–Trinajstić information content (AvgIpc) is 2.20. The van der Waals surface area contributed by atoms with Crippen LogP contribution in [0.15, 0.2) is 36.4 Å². The molecule has 0 saturated carbocycles. The number of benzene rings is 2. The second-order valence-electron chi connectivity index (χ2n) is 4.01. The third-order valence-corrected chi connectivity index (χ3v) is 3.12. The molecule has 1 saturated heterocycles. The molecule has 1 aliphatic heterocycles. The normalized spacial score (nSPS) is 18.9. The molecule has 2 aromatic rings. The third-order valence-electron chi connectivity index (χ3n) is 3.12. The summed E-state index contributed by atoms with van der Waals surface area (Å²) in [7, 11) is 0. The smallest absolute Gasteiger partial charge is 0.120 e. The van der Waals surface area contributed by atoms with Gasteiger partial charge in [-0.25, -0.2) is 0 Å². The number of phenolic OH excluding ortho intramolecular Hbond substituents is 1. The molecule has 0 aromatic heterocycles. The van der Waals surface area contributed by atoms with E-state index in [0.717, 1.165) is 23.9 Å². The summed E-state index contributed by atoms with van der Waals surface area (Å²) in [5, 5.41) is 15.6. The lowest BCUT2D eigenvalue weighted by Crippen LogP contribution is -2.35. The molecule has 16 heavy (non-hydrogen) atoms. The predicted octanol–water partition coefficient (Wildman–Crippen LogP) is 3.00. The van der Waals surface area contributed by atoms with Gasteiger partial charge in [0.25, 0.3) is 0 Å². The maximum atomic E-state index is 9.90. The van der Waals surface area contributed by atoms with E-state index in [1.165, 1.54) is 5.39 Å². The molecule has 3 rings (SSSR count). The Bertz CT molecular complexity index is 508. The highest BCUT2D eigenvalue weighted by Crippen LogP contribution is 2.36. The summed E-state index contributed by atoms with van der Waals surface area (Å²) in [5.41, 5.74) is 1.05. The van der Waals surface area contributed by atoms with E-state index in [2.05, 4.69) is 17.4 Å². The summed E-state index contributed by atoms with van der Waals surface area (Å²) < 4.78 is 0. The Labute approximate surface area is 101 Å². The molecule has 1 atom stereocenters. The van der Waals surface area contributed by atoms with E-state index < -0.39 is 0 Å². The van der Waals surface area contributed by atoms with Crippen LogP contribution in [0.3, 0.4) is 0 Å². The fourth-order valence-corrected chi connectivity index (χ4v) is 2.19. The summed E-state index contributed by atoms with van der Waals surface area (Å²) in [5.74, 6) is 0.408. The molecule has 2 nitrogen and oxygen atoms in total. The zero-order valence-corrected chi connectivity index (χ0v) is 9.63. The second kappa shape index (κ2) is 4.32. The molecule has 3 heteroatoms. The molecule has 0 spiro atoms.